The Balaban J connectivity index is 0.00000225. The SMILES string of the molecule is Cl.O=C(CCC(=O)N1CCSc2ccccc21)N1CCC(N2CCNCC2)C1. The van der Waals surface area contributed by atoms with Crippen LogP contribution in [0.4, 0.5) is 5.69 Å². The zero-order valence-electron chi connectivity index (χ0n) is 16.1. The molecule has 0 spiro atoms. The molecule has 3 heterocycles. The van der Waals surface area contributed by atoms with E-state index in [1.54, 1.807) is 11.8 Å². The number of nitrogens with one attached hydrogen (secondary N) is 1. The summed E-state index contributed by atoms with van der Waals surface area (Å²) in [5.74, 6) is 1.10. The summed E-state index contributed by atoms with van der Waals surface area (Å²) in [6.45, 7) is 6.57. The third kappa shape index (κ3) is 4.82. The number of fused-ring (bicyclic) bond motifs is 1. The molecule has 0 radical (unpaired) electrons. The number of carbonyl (C=O) groups excluding carboxylic acids is 2. The van der Waals surface area contributed by atoms with E-state index >= 15 is 0 Å². The minimum Gasteiger partial charge on any atom is -0.341 e. The van der Waals surface area contributed by atoms with Crippen molar-refractivity contribution in [3.8, 4) is 0 Å². The van der Waals surface area contributed by atoms with Gasteiger partial charge >= 0.3 is 0 Å². The molecule has 0 aromatic heterocycles. The number of halogens is 1. The predicted octanol–water partition coefficient (Wildman–Crippen LogP) is 1.83. The maximum absolute atomic E-state index is 12.7. The molecule has 154 valence electrons. The number of amides is 2. The molecule has 3 aliphatic rings. The summed E-state index contributed by atoms with van der Waals surface area (Å²) in [5.41, 5.74) is 0.992. The van der Waals surface area contributed by atoms with Crippen LogP contribution in [0.2, 0.25) is 0 Å². The maximum Gasteiger partial charge on any atom is 0.227 e. The number of hydrogen-bond donors (Lipinski definition) is 1. The van der Waals surface area contributed by atoms with Gasteiger partial charge < -0.3 is 15.1 Å². The van der Waals surface area contributed by atoms with Crippen LogP contribution in [0.25, 0.3) is 0 Å². The molecule has 1 unspecified atom stereocenters. The quantitative estimate of drug-likeness (QED) is 0.799. The van der Waals surface area contributed by atoms with E-state index in [2.05, 4.69) is 16.3 Å². The summed E-state index contributed by atoms with van der Waals surface area (Å²) in [7, 11) is 0. The molecule has 3 aliphatic heterocycles. The highest BCUT2D eigenvalue weighted by molar-refractivity contribution is 7.99. The normalized spacial score (nSPS) is 22.5. The smallest absolute Gasteiger partial charge is 0.227 e. The van der Waals surface area contributed by atoms with Gasteiger partial charge in [-0.25, -0.2) is 0 Å². The lowest BCUT2D eigenvalue weighted by molar-refractivity contribution is -0.132. The number of para-hydroxylation sites is 1. The van der Waals surface area contributed by atoms with Crippen LogP contribution in [0.5, 0.6) is 0 Å². The fourth-order valence-corrected chi connectivity index (χ4v) is 5.24. The second-order valence-electron chi connectivity index (χ2n) is 7.43. The van der Waals surface area contributed by atoms with Gasteiger partial charge in [0.1, 0.15) is 0 Å². The van der Waals surface area contributed by atoms with E-state index < -0.39 is 0 Å². The zero-order valence-corrected chi connectivity index (χ0v) is 17.8. The highest BCUT2D eigenvalue weighted by atomic mass is 35.5. The largest absolute Gasteiger partial charge is 0.341 e. The van der Waals surface area contributed by atoms with E-state index in [-0.39, 0.29) is 24.2 Å². The molecule has 0 aliphatic carbocycles. The molecule has 2 amide bonds. The topological polar surface area (TPSA) is 55.9 Å². The summed E-state index contributed by atoms with van der Waals surface area (Å²) in [4.78, 5) is 32.8. The van der Waals surface area contributed by atoms with E-state index in [4.69, 9.17) is 0 Å². The van der Waals surface area contributed by atoms with Crippen molar-refractivity contribution in [1.82, 2.24) is 15.1 Å². The first-order valence-corrected chi connectivity index (χ1v) is 11.0. The van der Waals surface area contributed by atoms with Gasteiger partial charge in [-0.3, -0.25) is 14.5 Å². The van der Waals surface area contributed by atoms with Gasteiger partial charge in [-0.2, -0.15) is 0 Å². The van der Waals surface area contributed by atoms with E-state index in [9.17, 15) is 9.59 Å². The van der Waals surface area contributed by atoms with E-state index in [0.29, 0.717) is 18.9 Å². The average molecular weight is 425 g/mol. The van der Waals surface area contributed by atoms with Gasteiger partial charge in [0.25, 0.3) is 0 Å². The van der Waals surface area contributed by atoms with Gasteiger partial charge in [0, 0.05) is 75.3 Å². The summed E-state index contributed by atoms with van der Waals surface area (Å²) < 4.78 is 0. The lowest BCUT2D eigenvalue weighted by Gasteiger charge is -2.32. The van der Waals surface area contributed by atoms with Crippen molar-refractivity contribution in [1.29, 1.82) is 0 Å². The number of carbonyl (C=O) groups is 2. The van der Waals surface area contributed by atoms with Crippen LogP contribution < -0.4 is 10.2 Å². The first kappa shape index (κ1) is 21.4. The molecule has 2 fully saturated rings. The summed E-state index contributed by atoms with van der Waals surface area (Å²) in [6, 6.07) is 8.52. The number of rotatable bonds is 4. The lowest BCUT2D eigenvalue weighted by Crippen LogP contribution is -2.49. The predicted molar refractivity (Wildman–Crippen MR) is 115 cm³/mol. The Hall–Kier alpha value is -1.28. The molecule has 1 aromatic rings. The Labute approximate surface area is 177 Å². The number of anilines is 1. The number of piperazine rings is 1. The molecule has 6 nitrogen and oxygen atoms in total. The van der Waals surface area contributed by atoms with Crippen LogP contribution in [0.3, 0.4) is 0 Å². The van der Waals surface area contributed by atoms with E-state index in [0.717, 1.165) is 68.6 Å². The second-order valence-corrected chi connectivity index (χ2v) is 8.57. The van der Waals surface area contributed by atoms with Gasteiger partial charge in [-0.05, 0) is 18.6 Å². The minimum atomic E-state index is 0. The fraction of sp³-hybridized carbons (Fsp3) is 0.600. The summed E-state index contributed by atoms with van der Waals surface area (Å²) >= 11 is 1.79. The number of benzene rings is 1. The molecule has 0 saturated carbocycles. The molecule has 2 saturated heterocycles. The molecule has 0 bridgehead atoms. The first-order valence-electron chi connectivity index (χ1n) is 9.97. The Morgan fingerprint density at radius 2 is 1.79 bits per heavy atom. The molecule has 28 heavy (non-hydrogen) atoms. The van der Waals surface area contributed by atoms with Crippen LogP contribution in [0.1, 0.15) is 19.3 Å². The van der Waals surface area contributed by atoms with Crippen molar-refractivity contribution < 1.29 is 9.59 Å². The monoisotopic (exact) mass is 424 g/mol. The standard InChI is InChI=1S/C20H28N4O2S.ClH/c25-19(23-10-7-16(15-23)22-11-8-21-9-12-22)5-6-20(26)24-13-14-27-18-4-2-1-3-17(18)24;/h1-4,16,21H,5-15H2;1H. The zero-order chi connectivity index (χ0) is 18.6. The van der Waals surface area contributed by atoms with Crippen molar-refractivity contribution in [3.63, 3.8) is 0 Å². The molecule has 1 aromatic carbocycles. The molecule has 1 N–H and O–H groups in total. The highest BCUT2D eigenvalue weighted by Gasteiger charge is 2.31. The van der Waals surface area contributed by atoms with Gasteiger partial charge in [0.05, 0.1) is 5.69 Å². The van der Waals surface area contributed by atoms with Crippen molar-refractivity contribution in [3.05, 3.63) is 24.3 Å². The Morgan fingerprint density at radius 3 is 2.61 bits per heavy atom. The molecule has 4 rings (SSSR count). The van der Waals surface area contributed by atoms with Gasteiger partial charge in [-0.15, -0.1) is 24.2 Å². The van der Waals surface area contributed by atoms with Gasteiger partial charge in [0.2, 0.25) is 11.8 Å². The Bertz CT molecular complexity index is 699. The number of likely N-dealkylation sites (tertiary alicyclic amines) is 1. The van der Waals surface area contributed by atoms with Crippen LogP contribution in [0.15, 0.2) is 29.2 Å². The minimum absolute atomic E-state index is 0. The first-order chi connectivity index (χ1) is 13.2. The summed E-state index contributed by atoms with van der Waals surface area (Å²) in [6.07, 6.45) is 1.67. The molecular formula is C20H29ClN4O2S. The van der Waals surface area contributed by atoms with Crippen molar-refractivity contribution >= 4 is 41.7 Å². The molecule has 1 atom stereocenters. The number of thioether (sulfide) groups is 1. The van der Waals surface area contributed by atoms with Crippen LogP contribution in [0, 0.1) is 0 Å². The van der Waals surface area contributed by atoms with Crippen molar-refractivity contribution in [2.75, 3.05) is 56.5 Å². The van der Waals surface area contributed by atoms with Gasteiger partial charge in [-0.1, -0.05) is 12.1 Å². The van der Waals surface area contributed by atoms with E-state index in [1.807, 2.05) is 28.0 Å². The average Bonchev–Trinajstić information content (AvgIpc) is 3.22. The van der Waals surface area contributed by atoms with Gasteiger partial charge in [0.15, 0.2) is 0 Å². The molecule has 8 heteroatoms. The fourth-order valence-electron chi connectivity index (χ4n) is 4.25. The third-order valence-electron chi connectivity index (χ3n) is 5.77. The van der Waals surface area contributed by atoms with Crippen LogP contribution >= 0.6 is 24.2 Å². The van der Waals surface area contributed by atoms with Crippen LogP contribution in [-0.2, 0) is 9.59 Å². The van der Waals surface area contributed by atoms with E-state index in [1.165, 1.54) is 0 Å². The third-order valence-corrected chi connectivity index (χ3v) is 6.81. The maximum atomic E-state index is 12.7. The summed E-state index contributed by atoms with van der Waals surface area (Å²) in [5, 5.41) is 3.38. The Kier molecular flexibility index (Phi) is 7.62. The Morgan fingerprint density at radius 1 is 1.04 bits per heavy atom. The van der Waals surface area contributed by atoms with Crippen LogP contribution in [-0.4, -0.2) is 79.2 Å². The molecular weight excluding hydrogens is 396 g/mol. The lowest BCUT2D eigenvalue weighted by atomic mass is 10.2. The number of hydrogen-bond acceptors (Lipinski definition) is 5. The van der Waals surface area contributed by atoms with Crippen molar-refractivity contribution in [2.45, 2.75) is 30.2 Å². The number of nitrogens with zero attached hydrogens (tertiary/aromatic N) is 3. The van der Waals surface area contributed by atoms with Crippen molar-refractivity contribution in [2.24, 2.45) is 0 Å². The second kappa shape index (κ2) is 9.96. The highest BCUT2D eigenvalue weighted by Crippen LogP contribution is 2.34.